The number of amides is 3. The van der Waals surface area contributed by atoms with Crippen molar-refractivity contribution in [3.8, 4) is 17.2 Å². The van der Waals surface area contributed by atoms with Gasteiger partial charge in [-0.3, -0.25) is 4.79 Å². The van der Waals surface area contributed by atoms with Gasteiger partial charge in [-0.1, -0.05) is 22.0 Å². The SMILES string of the molecule is COC(=O)C1=C(C)NC(=O)N[C@@H]1c1ccc(OCC(=O)N/N=C\c2cc(C)n(-c3ccc(Br)cc3)c2C)c(OC)c1. The minimum absolute atomic E-state index is 0.262. The second-order valence-corrected chi connectivity index (χ2v) is 10.1. The number of hydrogen-bond donors (Lipinski definition) is 3. The maximum absolute atomic E-state index is 12.4. The van der Waals surface area contributed by atoms with E-state index in [1.807, 2.05) is 44.2 Å². The molecule has 0 bridgehead atoms. The van der Waals surface area contributed by atoms with Gasteiger partial charge in [-0.15, -0.1) is 0 Å². The second-order valence-electron chi connectivity index (χ2n) is 9.19. The van der Waals surface area contributed by atoms with E-state index in [4.69, 9.17) is 14.2 Å². The van der Waals surface area contributed by atoms with Crippen LogP contribution in [0.3, 0.4) is 0 Å². The molecule has 1 atom stereocenters. The number of methoxy groups -OCH3 is 2. The van der Waals surface area contributed by atoms with Gasteiger partial charge in [0, 0.05) is 32.8 Å². The van der Waals surface area contributed by atoms with Crippen molar-refractivity contribution >= 4 is 40.1 Å². The molecule has 3 amide bonds. The normalized spacial score (nSPS) is 14.9. The lowest BCUT2D eigenvalue weighted by molar-refractivity contribution is -0.136. The van der Waals surface area contributed by atoms with Crippen LogP contribution in [0.2, 0.25) is 0 Å². The molecule has 12 heteroatoms. The maximum atomic E-state index is 12.4. The van der Waals surface area contributed by atoms with Crippen LogP contribution in [0.25, 0.3) is 5.69 Å². The molecular weight excluding hydrogens is 594 g/mol. The number of halogens is 1. The number of aromatic nitrogens is 1. The average molecular weight is 624 g/mol. The Bertz CT molecular complexity index is 1540. The lowest BCUT2D eigenvalue weighted by atomic mass is 9.95. The number of carbonyl (C=O) groups excluding carboxylic acids is 3. The summed E-state index contributed by atoms with van der Waals surface area (Å²) in [5.74, 6) is -0.430. The Balaban J connectivity index is 1.41. The van der Waals surface area contributed by atoms with Crippen molar-refractivity contribution in [1.82, 2.24) is 20.6 Å². The summed E-state index contributed by atoms with van der Waals surface area (Å²) in [5.41, 5.74) is 7.60. The monoisotopic (exact) mass is 623 g/mol. The molecule has 3 N–H and O–H groups in total. The smallest absolute Gasteiger partial charge is 0.337 e. The molecule has 41 heavy (non-hydrogen) atoms. The van der Waals surface area contributed by atoms with Crippen LogP contribution in [0.4, 0.5) is 4.79 Å². The number of urea groups is 1. The van der Waals surface area contributed by atoms with Crippen LogP contribution in [0.5, 0.6) is 11.5 Å². The van der Waals surface area contributed by atoms with Crippen molar-refractivity contribution in [1.29, 1.82) is 0 Å². The predicted molar refractivity (Wildman–Crippen MR) is 156 cm³/mol. The van der Waals surface area contributed by atoms with Gasteiger partial charge in [0.05, 0.1) is 32.0 Å². The highest BCUT2D eigenvalue weighted by Gasteiger charge is 2.32. The molecule has 0 radical (unpaired) electrons. The highest BCUT2D eigenvalue weighted by Crippen LogP contribution is 2.34. The largest absolute Gasteiger partial charge is 0.493 e. The first-order valence-corrected chi connectivity index (χ1v) is 13.4. The molecule has 0 spiro atoms. The summed E-state index contributed by atoms with van der Waals surface area (Å²) in [6.45, 7) is 5.29. The van der Waals surface area contributed by atoms with Crippen molar-refractivity contribution in [2.45, 2.75) is 26.8 Å². The number of esters is 1. The van der Waals surface area contributed by atoms with Gasteiger partial charge in [0.2, 0.25) is 0 Å². The number of benzene rings is 2. The molecule has 1 aliphatic rings. The van der Waals surface area contributed by atoms with Crippen LogP contribution < -0.4 is 25.5 Å². The summed E-state index contributed by atoms with van der Waals surface area (Å²) >= 11 is 3.46. The van der Waals surface area contributed by atoms with Crippen LogP contribution in [-0.2, 0) is 14.3 Å². The number of ether oxygens (including phenoxy) is 3. The molecule has 2 heterocycles. The van der Waals surface area contributed by atoms with Crippen LogP contribution in [0, 0.1) is 13.8 Å². The highest BCUT2D eigenvalue weighted by atomic mass is 79.9. The van der Waals surface area contributed by atoms with Crippen molar-refractivity contribution in [3.63, 3.8) is 0 Å². The maximum Gasteiger partial charge on any atom is 0.337 e. The molecule has 0 saturated carbocycles. The number of aryl methyl sites for hydroxylation is 1. The first kappa shape index (κ1) is 29.4. The lowest BCUT2D eigenvalue weighted by Gasteiger charge is -2.28. The van der Waals surface area contributed by atoms with E-state index >= 15 is 0 Å². The fourth-order valence-corrected chi connectivity index (χ4v) is 4.83. The third kappa shape index (κ3) is 6.60. The Morgan fingerprint density at radius 3 is 2.49 bits per heavy atom. The van der Waals surface area contributed by atoms with Gasteiger partial charge in [0.25, 0.3) is 5.91 Å². The zero-order chi connectivity index (χ0) is 29.7. The van der Waals surface area contributed by atoms with Crippen molar-refractivity contribution in [2.75, 3.05) is 20.8 Å². The van der Waals surface area contributed by atoms with Crippen LogP contribution in [-0.4, -0.2) is 49.5 Å². The number of nitrogens with zero attached hydrogens (tertiary/aromatic N) is 2. The van der Waals surface area contributed by atoms with Gasteiger partial charge < -0.3 is 29.4 Å². The molecule has 2 aromatic carbocycles. The van der Waals surface area contributed by atoms with Gasteiger partial charge in [0.1, 0.15) is 0 Å². The van der Waals surface area contributed by atoms with E-state index in [-0.39, 0.29) is 12.2 Å². The standard InChI is InChI=1S/C29H30BrN5O6/c1-16-12-20(18(3)35(16)22-9-7-21(30)8-10-22)14-31-34-25(36)15-41-23-11-6-19(13-24(23)39-4)27-26(28(37)40-5)17(2)32-29(38)33-27/h6-14,27H,15H2,1-5H3,(H,34,36)(H2,32,33,38)/b31-14-/t27-/m1/s1. The predicted octanol–water partition coefficient (Wildman–Crippen LogP) is 4.20. The number of allylic oxidation sites excluding steroid dienone is 1. The molecule has 0 saturated heterocycles. The lowest BCUT2D eigenvalue weighted by Crippen LogP contribution is -2.45. The molecule has 11 nitrogen and oxygen atoms in total. The average Bonchev–Trinajstić information content (AvgIpc) is 3.23. The third-order valence-electron chi connectivity index (χ3n) is 6.50. The molecule has 214 valence electrons. The van der Waals surface area contributed by atoms with Gasteiger partial charge in [-0.05, 0) is 68.8 Å². The van der Waals surface area contributed by atoms with Gasteiger partial charge >= 0.3 is 12.0 Å². The minimum atomic E-state index is -0.762. The van der Waals surface area contributed by atoms with Crippen LogP contribution in [0.15, 0.2) is 69.4 Å². The topological polar surface area (TPSA) is 132 Å². The van der Waals surface area contributed by atoms with E-state index in [0.29, 0.717) is 22.8 Å². The summed E-state index contributed by atoms with van der Waals surface area (Å²) in [4.78, 5) is 36.9. The van der Waals surface area contributed by atoms with Gasteiger partial charge in [-0.25, -0.2) is 15.0 Å². The summed E-state index contributed by atoms with van der Waals surface area (Å²) in [6.07, 6.45) is 1.59. The molecule has 0 fully saturated rings. The zero-order valence-corrected chi connectivity index (χ0v) is 24.8. The molecule has 1 aromatic heterocycles. The Morgan fingerprint density at radius 2 is 1.80 bits per heavy atom. The number of hydrazone groups is 1. The van der Waals surface area contributed by atoms with Gasteiger partial charge in [0.15, 0.2) is 18.1 Å². The van der Waals surface area contributed by atoms with Crippen molar-refractivity contribution < 1.29 is 28.6 Å². The van der Waals surface area contributed by atoms with Crippen LogP contribution >= 0.6 is 15.9 Å². The first-order chi connectivity index (χ1) is 19.6. The molecule has 0 aliphatic carbocycles. The Kier molecular flexibility index (Phi) is 9.13. The summed E-state index contributed by atoms with van der Waals surface area (Å²) in [7, 11) is 2.72. The molecule has 0 unspecified atom stereocenters. The Labute approximate surface area is 245 Å². The molecule has 3 aromatic rings. The minimum Gasteiger partial charge on any atom is -0.493 e. The number of hydrogen-bond acceptors (Lipinski definition) is 7. The van der Waals surface area contributed by atoms with E-state index in [0.717, 1.165) is 27.1 Å². The van der Waals surface area contributed by atoms with Gasteiger partial charge in [-0.2, -0.15) is 5.10 Å². The Hall–Kier alpha value is -4.58. The summed E-state index contributed by atoms with van der Waals surface area (Å²) < 4.78 is 19.1. The second kappa shape index (κ2) is 12.7. The molecular formula is C29H30BrN5O6. The highest BCUT2D eigenvalue weighted by molar-refractivity contribution is 9.10. The quantitative estimate of drug-likeness (QED) is 0.186. The van der Waals surface area contributed by atoms with Crippen molar-refractivity contribution in [2.24, 2.45) is 5.10 Å². The number of rotatable bonds is 9. The fraction of sp³-hybridized carbons (Fsp3) is 0.241. The van der Waals surface area contributed by atoms with Crippen LogP contribution in [0.1, 0.15) is 35.5 Å². The summed E-state index contributed by atoms with van der Waals surface area (Å²) in [5, 5.41) is 9.38. The first-order valence-electron chi connectivity index (χ1n) is 12.6. The zero-order valence-electron chi connectivity index (χ0n) is 23.2. The molecule has 1 aliphatic heterocycles. The number of carbonyl (C=O) groups is 3. The van der Waals surface area contributed by atoms with Crippen molar-refractivity contribution in [3.05, 3.63) is 86.8 Å². The summed E-state index contributed by atoms with van der Waals surface area (Å²) in [6, 6.07) is 13.7. The van der Waals surface area contributed by atoms with E-state index in [9.17, 15) is 14.4 Å². The van der Waals surface area contributed by atoms with E-state index in [1.165, 1.54) is 14.2 Å². The van der Waals surface area contributed by atoms with E-state index in [1.54, 1.807) is 31.3 Å². The van der Waals surface area contributed by atoms with E-state index < -0.39 is 23.9 Å². The third-order valence-corrected chi connectivity index (χ3v) is 7.03. The van der Waals surface area contributed by atoms with E-state index in [2.05, 4.69) is 41.7 Å². The fourth-order valence-electron chi connectivity index (χ4n) is 4.56. The Morgan fingerprint density at radius 1 is 1.07 bits per heavy atom. The molecule has 4 rings (SSSR count). The number of nitrogens with one attached hydrogen (secondary N) is 3.